The van der Waals surface area contributed by atoms with Crippen molar-refractivity contribution in [3.05, 3.63) is 0 Å². The zero-order valence-electron chi connectivity index (χ0n) is 42.6. The first-order chi connectivity index (χ1) is 29.8. The standard InChI is InChI=1S/2C12H24O2.2C8H17.2C4H9.2C2H4O2.2Sn/c2*1-2-3-4-5-6-7-8-9-10-11-12(13)14;2*1-3-5-7-8-6-4-2;2*1-3-4-2;2*1-2(3)4;;/h2*2-11H2,1H3,(H,13,14);2*1,3-8H2,2H3;2*1,3-4H2,2H3;2*1H3,(H,3,4);;/q;;;;;;;;2*+2/p-4. The number of carboxylic acid groups (broad SMARTS) is 4. The van der Waals surface area contributed by atoms with Crippen molar-refractivity contribution >= 4 is 66.2 Å². The first kappa shape index (κ1) is 73.1. The Balaban J connectivity index is -0.000000161. The van der Waals surface area contributed by atoms with Crippen molar-refractivity contribution in [2.75, 3.05) is 0 Å². The van der Waals surface area contributed by atoms with Gasteiger partial charge in [-0.1, -0.05) is 117 Å². The molecule has 0 heterocycles. The molecule has 10 heteroatoms. The van der Waals surface area contributed by atoms with Crippen molar-refractivity contribution in [3.8, 4) is 0 Å². The third kappa shape index (κ3) is 118. The molecule has 368 valence electrons. The molecular formula is C52H104O8Sn2. The summed E-state index contributed by atoms with van der Waals surface area (Å²) in [5.74, 6) is -3.99. The van der Waals surface area contributed by atoms with Gasteiger partial charge in [0.25, 0.3) is 0 Å². The molecule has 0 amide bonds. The van der Waals surface area contributed by atoms with E-state index >= 15 is 0 Å². The molecule has 0 N–H and O–H groups in total. The molecule has 0 aliphatic rings. The first-order valence-electron chi connectivity index (χ1n) is 26.0. The molecule has 0 aliphatic heterocycles. The molecule has 0 unspecified atom stereocenters. The van der Waals surface area contributed by atoms with Gasteiger partial charge in [0.2, 0.25) is 0 Å². The van der Waals surface area contributed by atoms with Crippen molar-refractivity contribution in [1.82, 2.24) is 0 Å². The van der Waals surface area contributed by atoms with Crippen LogP contribution < -0.4 is 20.4 Å². The molecule has 0 fully saturated rings. The summed E-state index contributed by atoms with van der Waals surface area (Å²) in [4.78, 5) is 38.0. The Hall–Kier alpha value is -0.523. The van der Waals surface area contributed by atoms with E-state index in [0.717, 1.165) is 39.5 Å². The maximum atomic E-state index is 10.1. The molecule has 0 atom stereocenters. The van der Waals surface area contributed by atoms with Gasteiger partial charge in [0, 0.05) is 23.9 Å². The molecule has 0 aromatic heterocycles. The Kier molecular flexibility index (Phi) is 88.2. The molecule has 0 aromatic rings. The predicted octanol–water partition coefficient (Wildman–Crippen LogP) is 12.2. The van der Waals surface area contributed by atoms with Crippen LogP contribution in [0, 0.1) is 0 Å². The van der Waals surface area contributed by atoms with Gasteiger partial charge in [-0.05, 0) is 39.5 Å². The minimum atomic E-state index is -1.08. The molecule has 0 aliphatic carbocycles. The van der Waals surface area contributed by atoms with Crippen molar-refractivity contribution in [2.24, 2.45) is 0 Å². The summed E-state index contributed by atoms with van der Waals surface area (Å²) >= 11 is 0.223. The quantitative estimate of drug-likeness (QED) is 0.0433. The average molecular weight is 1090 g/mol. The second-order valence-corrected chi connectivity index (χ2v) is 25.2. The van der Waals surface area contributed by atoms with E-state index in [2.05, 4.69) is 41.5 Å². The van der Waals surface area contributed by atoms with Crippen LogP contribution in [0.5, 0.6) is 0 Å². The second-order valence-electron chi connectivity index (χ2n) is 16.6. The Morgan fingerprint density at radius 2 is 0.435 bits per heavy atom. The minimum absolute atomic E-state index is 0.0736. The molecule has 0 saturated heterocycles. The van der Waals surface area contributed by atoms with Gasteiger partial charge in [-0.2, -0.15) is 0 Å². The van der Waals surface area contributed by atoms with Gasteiger partial charge in [-0.25, -0.2) is 0 Å². The van der Waals surface area contributed by atoms with Crippen molar-refractivity contribution in [1.29, 1.82) is 0 Å². The van der Waals surface area contributed by atoms with Crippen LogP contribution in [0.15, 0.2) is 0 Å². The van der Waals surface area contributed by atoms with Gasteiger partial charge in [-0.3, -0.25) is 0 Å². The van der Waals surface area contributed by atoms with E-state index in [0.29, 0.717) is 0 Å². The van der Waals surface area contributed by atoms with E-state index < -0.39 is 23.9 Å². The number of aliphatic carboxylic acids is 4. The molecular weight excluding hydrogens is 990 g/mol. The molecule has 0 radical (unpaired) electrons. The SMILES string of the molecule is CC(=O)[O-].CC(=O)[O-].CCCCCCCCCCCC(=O)[O-].CCCCCCCCCCCC(=O)[O-].CCCCCCC[CH2][Sn+2][CH2]CCCCCCC.CCC[CH2][Sn+2][CH2]CCC. The zero-order chi connectivity index (χ0) is 48.0. The van der Waals surface area contributed by atoms with Crippen molar-refractivity contribution in [3.63, 3.8) is 0 Å². The number of hydrogen-bond donors (Lipinski definition) is 0. The first-order valence-corrected chi connectivity index (χ1v) is 34.1. The van der Waals surface area contributed by atoms with Gasteiger partial charge < -0.3 is 39.6 Å². The third-order valence-corrected chi connectivity index (χ3v) is 17.9. The Labute approximate surface area is 407 Å². The topological polar surface area (TPSA) is 161 Å². The van der Waals surface area contributed by atoms with Gasteiger partial charge >= 0.3 is 190 Å². The molecule has 0 aromatic carbocycles. The number of unbranched alkanes of at least 4 members (excludes halogenated alkanes) is 28. The Bertz CT molecular complexity index is 757. The van der Waals surface area contributed by atoms with Gasteiger partial charge in [0.05, 0.1) is 0 Å². The maximum absolute atomic E-state index is 10.1. The van der Waals surface area contributed by atoms with Crippen LogP contribution in [-0.4, -0.2) is 66.2 Å². The third-order valence-electron chi connectivity index (χ3n) is 9.80. The molecule has 0 rings (SSSR count). The zero-order valence-corrected chi connectivity index (χ0v) is 48.3. The van der Waals surface area contributed by atoms with Crippen LogP contribution in [-0.2, 0) is 19.2 Å². The molecule has 0 bridgehead atoms. The van der Waals surface area contributed by atoms with Crippen molar-refractivity contribution < 1.29 is 39.6 Å². The number of carbonyl (C=O) groups excluding carboxylic acids is 4. The molecule has 62 heavy (non-hydrogen) atoms. The van der Waals surface area contributed by atoms with Crippen molar-refractivity contribution in [2.45, 2.75) is 304 Å². The number of carboxylic acids is 4. The van der Waals surface area contributed by atoms with E-state index in [-0.39, 0.29) is 55.1 Å². The normalized spacial score (nSPS) is 9.68. The van der Waals surface area contributed by atoms with Crippen LogP contribution in [0.4, 0.5) is 0 Å². The van der Waals surface area contributed by atoms with E-state index in [9.17, 15) is 19.8 Å². The molecule has 0 spiro atoms. The van der Waals surface area contributed by atoms with Crippen LogP contribution >= 0.6 is 0 Å². The summed E-state index contributed by atoms with van der Waals surface area (Å²) < 4.78 is 6.56. The number of hydrogen-bond acceptors (Lipinski definition) is 8. The van der Waals surface area contributed by atoms with E-state index in [4.69, 9.17) is 19.8 Å². The van der Waals surface area contributed by atoms with Crippen LogP contribution in [0.25, 0.3) is 0 Å². The fourth-order valence-corrected chi connectivity index (χ4v) is 13.8. The summed E-state index contributed by atoms with van der Waals surface area (Å²) in [6.45, 7) is 15.6. The summed E-state index contributed by atoms with van der Waals surface area (Å²) in [6, 6.07) is 0. The van der Waals surface area contributed by atoms with E-state index in [1.807, 2.05) is 0 Å². The summed E-state index contributed by atoms with van der Waals surface area (Å²) in [5.41, 5.74) is 0. The van der Waals surface area contributed by atoms with E-state index in [1.165, 1.54) is 180 Å². The van der Waals surface area contributed by atoms with Crippen LogP contribution in [0.2, 0.25) is 17.7 Å². The molecule has 0 saturated carbocycles. The number of carbonyl (C=O) groups is 4. The van der Waals surface area contributed by atoms with Crippen LogP contribution in [0.3, 0.4) is 0 Å². The number of rotatable bonds is 40. The second kappa shape index (κ2) is 74.8. The van der Waals surface area contributed by atoms with Crippen LogP contribution in [0.1, 0.15) is 287 Å². The van der Waals surface area contributed by atoms with Gasteiger partial charge in [-0.15, -0.1) is 0 Å². The Morgan fingerprint density at radius 1 is 0.274 bits per heavy atom. The van der Waals surface area contributed by atoms with Gasteiger partial charge in [0.15, 0.2) is 0 Å². The summed E-state index contributed by atoms with van der Waals surface area (Å²) in [5, 5.41) is 38.0. The fourth-order valence-electron chi connectivity index (χ4n) is 6.07. The van der Waals surface area contributed by atoms with E-state index in [1.54, 1.807) is 30.6 Å². The molecule has 8 nitrogen and oxygen atoms in total. The monoisotopic (exact) mass is 1100 g/mol. The predicted molar refractivity (Wildman–Crippen MR) is 262 cm³/mol. The Morgan fingerprint density at radius 3 is 0.629 bits per heavy atom. The average Bonchev–Trinajstić information content (AvgIpc) is 3.21. The van der Waals surface area contributed by atoms with Gasteiger partial charge in [0.1, 0.15) is 0 Å². The summed E-state index contributed by atoms with van der Waals surface area (Å²) in [7, 11) is 0. The fraction of sp³-hybridized carbons (Fsp3) is 0.923. The summed E-state index contributed by atoms with van der Waals surface area (Å²) in [6.07, 6.45) is 46.0.